The van der Waals surface area contributed by atoms with Gasteiger partial charge >= 0.3 is 5.97 Å². The van der Waals surface area contributed by atoms with Gasteiger partial charge in [0.05, 0.1) is 17.9 Å². The van der Waals surface area contributed by atoms with Crippen molar-refractivity contribution >= 4 is 15.8 Å². The van der Waals surface area contributed by atoms with Crippen LogP contribution in [0.2, 0.25) is 0 Å². The maximum absolute atomic E-state index is 11.7. The Bertz CT molecular complexity index is 1050. The van der Waals surface area contributed by atoms with Crippen LogP contribution in [0.25, 0.3) is 22.6 Å². The minimum Gasteiger partial charge on any atom is -0.466 e. The van der Waals surface area contributed by atoms with E-state index < -0.39 is 9.84 Å². The fraction of sp³-hybridized carbons (Fsp3) is 0.238. The molecule has 6 nitrogen and oxygen atoms in total. The van der Waals surface area contributed by atoms with Crippen molar-refractivity contribution in [1.29, 1.82) is 0 Å². The summed E-state index contributed by atoms with van der Waals surface area (Å²) in [6, 6.07) is 16.0. The molecule has 146 valence electrons. The van der Waals surface area contributed by atoms with Gasteiger partial charge in [-0.15, -0.1) is 0 Å². The zero-order valence-electron chi connectivity index (χ0n) is 15.7. The highest BCUT2D eigenvalue weighted by molar-refractivity contribution is 7.90. The Kier molecular flexibility index (Phi) is 5.94. The minimum atomic E-state index is -3.28. The van der Waals surface area contributed by atoms with Gasteiger partial charge in [0.2, 0.25) is 0 Å². The van der Waals surface area contributed by atoms with Gasteiger partial charge in [-0.1, -0.05) is 42.5 Å². The summed E-state index contributed by atoms with van der Waals surface area (Å²) < 4.78 is 34.3. The zero-order valence-corrected chi connectivity index (χ0v) is 16.5. The topological polar surface area (TPSA) is 86.5 Å². The Morgan fingerprint density at radius 2 is 1.71 bits per heavy atom. The van der Waals surface area contributed by atoms with Gasteiger partial charge in [0, 0.05) is 23.8 Å². The predicted octanol–water partition coefficient (Wildman–Crippen LogP) is 3.91. The van der Waals surface area contributed by atoms with Crippen LogP contribution in [-0.4, -0.2) is 32.2 Å². The van der Waals surface area contributed by atoms with Crippen LogP contribution < -0.4 is 0 Å². The van der Waals surface area contributed by atoms with Crippen molar-refractivity contribution in [3.05, 3.63) is 60.5 Å². The molecule has 28 heavy (non-hydrogen) atoms. The summed E-state index contributed by atoms with van der Waals surface area (Å²) in [5.74, 6) is 0.696. The molecule has 2 aromatic carbocycles. The van der Waals surface area contributed by atoms with Crippen molar-refractivity contribution in [2.75, 3.05) is 12.9 Å². The molecule has 0 saturated carbocycles. The van der Waals surface area contributed by atoms with Gasteiger partial charge in [-0.25, -0.2) is 13.4 Å². The van der Waals surface area contributed by atoms with E-state index in [4.69, 9.17) is 9.15 Å². The van der Waals surface area contributed by atoms with Crippen LogP contribution in [0.1, 0.15) is 19.2 Å². The summed E-state index contributed by atoms with van der Waals surface area (Å²) in [7, 11) is -3.28. The molecule has 0 radical (unpaired) electrons. The normalized spacial score (nSPS) is 11.4. The lowest BCUT2D eigenvalue weighted by Crippen LogP contribution is -2.05. The summed E-state index contributed by atoms with van der Waals surface area (Å²) >= 11 is 0. The van der Waals surface area contributed by atoms with Gasteiger partial charge in [-0.3, -0.25) is 4.79 Å². The van der Waals surface area contributed by atoms with Crippen LogP contribution in [0.4, 0.5) is 0 Å². The first-order valence-electron chi connectivity index (χ1n) is 8.89. The molecule has 3 aromatic rings. The Hall–Kier alpha value is -2.93. The molecule has 0 aliphatic carbocycles. The predicted molar refractivity (Wildman–Crippen MR) is 105 cm³/mol. The second kappa shape index (κ2) is 8.39. The molecule has 1 aromatic heterocycles. The first-order valence-corrected chi connectivity index (χ1v) is 10.8. The molecule has 0 unspecified atom stereocenters. The summed E-state index contributed by atoms with van der Waals surface area (Å²) in [5.41, 5.74) is 2.18. The molecule has 3 rings (SSSR count). The summed E-state index contributed by atoms with van der Waals surface area (Å²) in [6.07, 6.45) is 1.66. The SMILES string of the molecule is CCOC(=O)CCc1nc(-c2ccc(S(C)(=O)=O)cc2)c(-c2ccccc2)o1. The number of rotatable bonds is 7. The van der Waals surface area contributed by atoms with Gasteiger partial charge < -0.3 is 9.15 Å². The van der Waals surface area contributed by atoms with Crippen molar-refractivity contribution < 1.29 is 22.4 Å². The van der Waals surface area contributed by atoms with Crippen molar-refractivity contribution in [2.45, 2.75) is 24.7 Å². The zero-order chi connectivity index (χ0) is 20.1. The number of esters is 1. The summed E-state index contributed by atoms with van der Waals surface area (Å²) in [6.45, 7) is 2.09. The van der Waals surface area contributed by atoms with E-state index >= 15 is 0 Å². The van der Waals surface area contributed by atoms with Crippen molar-refractivity contribution in [1.82, 2.24) is 4.98 Å². The average molecular weight is 399 g/mol. The average Bonchev–Trinajstić information content (AvgIpc) is 3.11. The number of hydrogen-bond acceptors (Lipinski definition) is 6. The maximum atomic E-state index is 11.7. The van der Waals surface area contributed by atoms with Gasteiger partial charge in [0.1, 0.15) is 5.69 Å². The minimum absolute atomic E-state index is 0.176. The summed E-state index contributed by atoms with van der Waals surface area (Å²) in [4.78, 5) is 16.4. The van der Waals surface area contributed by atoms with Gasteiger partial charge in [0.15, 0.2) is 21.5 Å². The smallest absolute Gasteiger partial charge is 0.306 e. The van der Waals surface area contributed by atoms with E-state index in [0.29, 0.717) is 30.4 Å². The lowest BCUT2D eigenvalue weighted by atomic mass is 10.1. The Balaban J connectivity index is 1.97. The lowest BCUT2D eigenvalue weighted by molar-refractivity contribution is -0.143. The molecule has 7 heteroatoms. The molecular formula is C21H21NO5S. The Morgan fingerprint density at radius 3 is 2.32 bits per heavy atom. The monoisotopic (exact) mass is 399 g/mol. The molecule has 1 heterocycles. The molecule has 0 atom stereocenters. The molecule has 0 aliphatic rings. The number of sulfone groups is 1. The molecule has 0 N–H and O–H groups in total. The Morgan fingerprint density at radius 1 is 1.04 bits per heavy atom. The third-order valence-electron chi connectivity index (χ3n) is 4.11. The van der Waals surface area contributed by atoms with E-state index in [1.165, 1.54) is 6.26 Å². The van der Waals surface area contributed by atoms with E-state index in [-0.39, 0.29) is 17.3 Å². The van der Waals surface area contributed by atoms with E-state index in [1.54, 1.807) is 31.2 Å². The second-order valence-corrected chi connectivity index (χ2v) is 8.27. The first-order chi connectivity index (χ1) is 13.4. The third kappa shape index (κ3) is 4.67. The summed E-state index contributed by atoms with van der Waals surface area (Å²) in [5, 5.41) is 0. The number of aryl methyl sites for hydroxylation is 1. The molecule has 0 amide bonds. The number of benzene rings is 2. The highest BCUT2D eigenvalue weighted by Gasteiger charge is 2.18. The van der Waals surface area contributed by atoms with Crippen molar-refractivity contribution in [3.8, 4) is 22.6 Å². The van der Waals surface area contributed by atoms with E-state index in [0.717, 1.165) is 11.1 Å². The molecular weight excluding hydrogens is 378 g/mol. The molecule has 0 spiro atoms. The highest BCUT2D eigenvalue weighted by Crippen LogP contribution is 2.33. The quantitative estimate of drug-likeness (QED) is 0.560. The van der Waals surface area contributed by atoms with E-state index in [1.807, 2.05) is 30.3 Å². The second-order valence-electron chi connectivity index (χ2n) is 6.25. The number of hydrogen-bond donors (Lipinski definition) is 0. The standard InChI is InChI=1S/C21H21NO5S/c1-3-26-19(23)14-13-18-22-20(21(27-18)16-7-5-4-6-8-16)15-9-11-17(12-10-15)28(2,24)25/h4-12H,3,13-14H2,1-2H3. The van der Waals surface area contributed by atoms with Crippen LogP contribution in [0.3, 0.4) is 0 Å². The van der Waals surface area contributed by atoms with Crippen LogP contribution in [0.15, 0.2) is 63.9 Å². The molecule has 0 saturated heterocycles. The number of oxazole rings is 1. The van der Waals surface area contributed by atoms with Crippen LogP contribution in [0, 0.1) is 0 Å². The molecule has 0 aliphatic heterocycles. The van der Waals surface area contributed by atoms with Crippen molar-refractivity contribution in [3.63, 3.8) is 0 Å². The maximum Gasteiger partial charge on any atom is 0.306 e. The Labute approximate surface area is 164 Å². The van der Waals surface area contributed by atoms with Crippen molar-refractivity contribution in [2.24, 2.45) is 0 Å². The van der Waals surface area contributed by atoms with E-state index in [9.17, 15) is 13.2 Å². The number of carbonyl (C=O) groups excluding carboxylic acids is 1. The van der Waals surface area contributed by atoms with Gasteiger partial charge in [-0.05, 0) is 19.1 Å². The number of carbonyl (C=O) groups is 1. The molecule has 0 fully saturated rings. The number of aromatic nitrogens is 1. The van der Waals surface area contributed by atoms with E-state index in [2.05, 4.69) is 4.98 Å². The van der Waals surface area contributed by atoms with Gasteiger partial charge in [0.25, 0.3) is 0 Å². The largest absolute Gasteiger partial charge is 0.466 e. The van der Waals surface area contributed by atoms with Crippen LogP contribution in [0.5, 0.6) is 0 Å². The molecule has 0 bridgehead atoms. The number of ether oxygens (including phenoxy) is 1. The first kappa shape index (κ1) is 19.8. The lowest BCUT2D eigenvalue weighted by Gasteiger charge is -2.03. The van der Waals surface area contributed by atoms with Crippen LogP contribution in [-0.2, 0) is 25.8 Å². The fourth-order valence-corrected chi connectivity index (χ4v) is 3.38. The third-order valence-corrected chi connectivity index (χ3v) is 5.24. The highest BCUT2D eigenvalue weighted by atomic mass is 32.2. The number of nitrogens with zero attached hydrogens (tertiary/aromatic N) is 1. The fourth-order valence-electron chi connectivity index (χ4n) is 2.75. The van der Waals surface area contributed by atoms with Crippen LogP contribution >= 0.6 is 0 Å². The van der Waals surface area contributed by atoms with Gasteiger partial charge in [-0.2, -0.15) is 0 Å².